The molecule has 8 nitrogen and oxygen atoms in total. The average Bonchev–Trinajstić information content (AvgIpc) is 3.17. The summed E-state index contributed by atoms with van der Waals surface area (Å²) in [4.78, 5) is 16.6. The molecular weight excluding hydrogens is 394 g/mol. The SMILES string of the molecule is Cc1cc(C)cc(NC(=O)NCCCNc2nc3cc4c(cc3cc2C#N)OCO4)c1. The summed E-state index contributed by atoms with van der Waals surface area (Å²) < 4.78 is 10.8. The molecule has 4 rings (SSSR count). The van der Waals surface area contributed by atoms with E-state index in [2.05, 4.69) is 33.1 Å². The average molecular weight is 417 g/mol. The Morgan fingerprint density at radius 2 is 1.81 bits per heavy atom. The van der Waals surface area contributed by atoms with Gasteiger partial charge in [0.05, 0.1) is 11.1 Å². The highest BCUT2D eigenvalue weighted by molar-refractivity contribution is 5.89. The number of carbonyl (C=O) groups excluding carboxylic acids is 1. The zero-order chi connectivity index (χ0) is 21.8. The van der Waals surface area contributed by atoms with E-state index >= 15 is 0 Å². The number of nitriles is 1. The molecule has 0 atom stereocenters. The maximum atomic E-state index is 12.1. The van der Waals surface area contributed by atoms with Crippen molar-refractivity contribution in [2.24, 2.45) is 0 Å². The highest BCUT2D eigenvalue weighted by Crippen LogP contribution is 2.36. The fraction of sp³-hybridized carbons (Fsp3) is 0.261. The van der Waals surface area contributed by atoms with Crippen LogP contribution in [0.2, 0.25) is 0 Å². The van der Waals surface area contributed by atoms with Gasteiger partial charge in [-0.25, -0.2) is 9.78 Å². The van der Waals surface area contributed by atoms with Crippen LogP contribution in [0.3, 0.4) is 0 Å². The number of rotatable bonds is 6. The van der Waals surface area contributed by atoms with Crippen molar-refractivity contribution in [3.05, 3.63) is 53.1 Å². The third-order valence-corrected chi connectivity index (χ3v) is 4.84. The molecule has 0 radical (unpaired) electrons. The highest BCUT2D eigenvalue weighted by Gasteiger charge is 2.16. The Labute approximate surface area is 180 Å². The lowest BCUT2D eigenvalue weighted by Gasteiger charge is -2.11. The van der Waals surface area contributed by atoms with Crippen LogP contribution >= 0.6 is 0 Å². The summed E-state index contributed by atoms with van der Waals surface area (Å²) in [5.41, 5.74) is 4.14. The summed E-state index contributed by atoms with van der Waals surface area (Å²) >= 11 is 0. The van der Waals surface area contributed by atoms with Gasteiger partial charge in [-0.1, -0.05) is 6.07 Å². The second-order valence-electron chi connectivity index (χ2n) is 7.43. The molecule has 0 aliphatic carbocycles. The Hall–Kier alpha value is -3.99. The van der Waals surface area contributed by atoms with Crippen LogP contribution in [0.15, 0.2) is 36.4 Å². The summed E-state index contributed by atoms with van der Waals surface area (Å²) in [6, 6.07) is 13.2. The van der Waals surface area contributed by atoms with Gasteiger partial charge in [0.2, 0.25) is 6.79 Å². The normalized spacial score (nSPS) is 11.8. The maximum Gasteiger partial charge on any atom is 0.319 e. The molecule has 3 aromatic rings. The Morgan fingerprint density at radius 1 is 1.06 bits per heavy atom. The fourth-order valence-electron chi connectivity index (χ4n) is 3.50. The number of hydrogen-bond donors (Lipinski definition) is 3. The first-order valence-corrected chi connectivity index (χ1v) is 10.0. The number of pyridine rings is 1. The van der Waals surface area contributed by atoms with Gasteiger partial charge in [-0.3, -0.25) is 0 Å². The topological polar surface area (TPSA) is 108 Å². The van der Waals surface area contributed by atoms with Crippen molar-refractivity contribution in [3.63, 3.8) is 0 Å². The molecule has 1 aromatic heterocycles. The number of fused-ring (bicyclic) bond motifs is 2. The van der Waals surface area contributed by atoms with Crippen LogP contribution in [-0.4, -0.2) is 30.9 Å². The van der Waals surface area contributed by atoms with Gasteiger partial charge in [0.1, 0.15) is 11.9 Å². The molecule has 0 spiro atoms. The van der Waals surface area contributed by atoms with E-state index in [1.807, 2.05) is 38.1 Å². The second-order valence-corrected chi connectivity index (χ2v) is 7.43. The number of hydrogen-bond acceptors (Lipinski definition) is 6. The van der Waals surface area contributed by atoms with Gasteiger partial charge < -0.3 is 25.4 Å². The minimum absolute atomic E-state index is 0.186. The molecule has 0 saturated carbocycles. The number of aryl methyl sites for hydroxylation is 2. The molecule has 158 valence electrons. The summed E-state index contributed by atoms with van der Waals surface area (Å²) in [5.74, 6) is 1.81. The first-order chi connectivity index (χ1) is 15.0. The third-order valence-electron chi connectivity index (χ3n) is 4.84. The van der Waals surface area contributed by atoms with Crippen molar-refractivity contribution in [1.82, 2.24) is 10.3 Å². The molecule has 1 aliphatic heterocycles. The van der Waals surface area contributed by atoms with Gasteiger partial charge in [0, 0.05) is 30.2 Å². The number of urea groups is 1. The van der Waals surface area contributed by atoms with Crippen molar-refractivity contribution in [1.29, 1.82) is 5.26 Å². The standard InChI is InChI=1S/C23H23N5O3/c1-14-6-15(2)8-18(7-14)27-23(29)26-5-3-4-25-22-17(12-24)9-16-10-20-21(31-13-30-20)11-19(16)28-22/h6-11H,3-5,13H2,1-2H3,(H,25,28)(H2,26,27,29). The largest absolute Gasteiger partial charge is 0.454 e. The Bertz CT molecular complexity index is 1170. The van der Waals surface area contributed by atoms with E-state index in [1.54, 1.807) is 6.07 Å². The number of aromatic nitrogens is 1. The van der Waals surface area contributed by atoms with Crippen molar-refractivity contribution in [2.45, 2.75) is 20.3 Å². The van der Waals surface area contributed by atoms with Gasteiger partial charge in [-0.2, -0.15) is 5.26 Å². The molecule has 0 saturated heterocycles. The molecule has 0 bridgehead atoms. The predicted molar refractivity (Wildman–Crippen MR) is 119 cm³/mol. The minimum Gasteiger partial charge on any atom is -0.454 e. The van der Waals surface area contributed by atoms with E-state index in [9.17, 15) is 10.1 Å². The van der Waals surface area contributed by atoms with E-state index in [-0.39, 0.29) is 12.8 Å². The van der Waals surface area contributed by atoms with Crippen molar-refractivity contribution >= 4 is 28.4 Å². The zero-order valence-electron chi connectivity index (χ0n) is 17.4. The number of anilines is 2. The Balaban J connectivity index is 1.30. The van der Waals surface area contributed by atoms with Gasteiger partial charge in [0.25, 0.3) is 0 Å². The number of amides is 2. The van der Waals surface area contributed by atoms with Gasteiger partial charge >= 0.3 is 6.03 Å². The number of ether oxygens (including phenoxy) is 2. The number of nitrogens with one attached hydrogen (secondary N) is 3. The minimum atomic E-state index is -0.248. The molecule has 0 fully saturated rings. The van der Waals surface area contributed by atoms with Crippen molar-refractivity contribution < 1.29 is 14.3 Å². The van der Waals surface area contributed by atoms with E-state index in [0.29, 0.717) is 42.4 Å². The van der Waals surface area contributed by atoms with Crippen LogP contribution in [0.4, 0.5) is 16.3 Å². The quantitative estimate of drug-likeness (QED) is 0.522. The lowest BCUT2D eigenvalue weighted by atomic mass is 10.1. The molecule has 1 aliphatic rings. The Kier molecular flexibility index (Phi) is 5.76. The number of benzene rings is 2. The van der Waals surface area contributed by atoms with Gasteiger partial charge in [0.15, 0.2) is 11.5 Å². The molecule has 0 unspecified atom stereocenters. The summed E-state index contributed by atoms with van der Waals surface area (Å²) in [5, 5.41) is 19.2. The van der Waals surface area contributed by atoms with E-state index < -0.39 is 0 Å². The molecule has 31 heavy (non-hydrogen) atoms. The van der Waals surface area contributed by atoms with E-state index in [4.69, 9.17) is 9.47 Å². The summed E-state index contributed by atoms with van der Waals surface area (Å²) in [6.07, 6.45) is 0.673. The van der Waals surface area contributed by atoms with Crippen molar-refractivity contribution in [2.75, 3.05) is 30.5 Å². The molecule has 8 heteroatoms. The molecular formula is C23H23N5O3. The Morgan fingerprint density at radius 3 is 2.55 bits per heavy atom. The monoisotopic (exact) mass is 417 g/mol. The number of carbonyl (C=O) groups is 1. The van der Waals surface area contributed by atoms with Crippen LogP contribution in [0, 0.1) is 25.2 Å². The molecule has 2 amide bonds. The lowest BCUT2D eigenvalue weighted by Crippen LogP contribution is -2.30. The second kappa shape index (κ2) is 8.79. The van der Waals surface area contributed by atoms with E-state index in [1.165, 1.54) is 0 Å². The van der Waals surface area contributed by atoms with Crippen LogP contribution in [-0.2, 0) is 0 Å². The van der Waals surface area contributed by atoms with Gasteiger partial charge in [-0.05, 0) is 55.7 Å². The van der Waals surface area contributed by atoms with Crippen LogP contribution in [0.5, 0.6) is 11.5 Å². The van der Waals surface area contributed by atoms with Crippen molar-refractivity contribution in [3.8, 4) is 17.6 Å². The summed E-state index contributed by atoms with van der Waals surface area (Å²) in [6.45, 7) is 5.21. The lowest BCUT2D eigenvalue weighted by molar-refractivity contribution is 0.174. The summed E-state index contributed by atoms with van der Waals surface area (Å²) in [7, 11) is 0. The zero-order valence-corrected chi connectivity index (χ0v) is 17.4. The van der Waals surface area contributed by atoms with Crippen LogP contribution in [0.1, 0.15) is 23.1 Å². The maximum absolute atomic E-state index is 12.1. The molecule has 2 heterocycles. The van der Waals surface area contributed by atoms with Crippen LogP contribution < -0.4 is 25.4 Å². The first-order valence-electron chi connectivity index (χ1n) is 10.0. The van der Waals surface area contributed by atoms with Crippen LogP contribution in [0.25, 0.3) is 10.9 Å². The number of nitrogens with zero attached hydrogens (tertiary/aromatic N) is 2. The van der Waals surface area contributed by atoms with E-state index in [0.717, 1.165) is 27.7 Å². The smallest absolute Gasteiger partial charge is 0.319 e. The predicted octanol–water partition coefficient (Wildman–Crippen LogP) is 4.08. The molecule has 2 aromatic carbocycles. The first kappa shape index (κ1) is 20.3. The molecule has 3 N–H and O–H groups in total. The highest BCUT2D eigenvalue weighted by atomic mass is 16.7. The van der Waals surface area contributed by atoms with Gasteiger partial charge in [-0.15, -0.1) is 0 Å². The third kappa shape index (κ3) is 4.78. The fourth-order valence-corrected chi connectivity index (χ4v) is 3.50.